The maximum atomic E-state index is 9.54. The summed E-state index contributed by atoms with van der Waals surface area (Å²) in [5.41, 5.74) is 0.365. The van der Waals surface area contributed by atoms with Crippen molar-refractivity contribution in [3.63, 3.8) is 0 Å². The Morgan fingerprint density at radius 2 is 2.14 bits per heavy atom. The second-order valence-corrected chi connectivity index (χ2v) is 7.16. The van der Waals surface area contributed by atoms with Gasteiger partial charge in [-0.05, 0) is 37.0 Å². The quantitative estimate of drug-likeness (QED) is 0.784. The largest absolute Gasteiger partial charge is 0.331 e. The van der Waals surface area contributed by atoms with E-state index in [1.54, 1.807) is 0 Å². The fourth-order valence-electron chi connectivity index (χ4n) is 3.67. The number of rotatable bonds is 5. The van der Waals surface area contributed by atoms with Gasteiger partial charge < -0.3 is 4.57 Å². The Morgan fingerprint density at radius 1 is 1.38 bits per heavy atom. The first kappa shape index (κ1) is 16.1. The van der Waals surface area contributed by atoms with Crippen LogP contribution in [0.25, 0.3) is 0 Å². The molecule has 0 saturated heterocycles. The van der Waals surface area contributed by atoms with Crippen LogP contribution in [0.15, 0.2) is 12.4 Å². The summed E-state index contributed by atoms with van der Waals surface area (Å²) in [5.74, 6) is 1.99. The van der Waals surface area contributed by atoms with Gasteiger partial charge in [0.15, 0.2) is 0 Å². The van der Waals surface area contributed by atoms with Crippen LogP contribution in [0.2, 0.25) is 0 Å². The molecule has 0 bridgehead atoms. The first-order valence-corrected chi connectivity index (χ1v) is 8.44. The number of imidazole rings is 1. The summed E-state index contributed by atoms with van der Waals surface area (Å²) in [7, 11) is 0. The summed E-state index contributed by atoms with van der Waals surface area (Å²) >= 11 is 0. The second-order valence-electron chi connectivity index (χ2n) is 7.16. The highest BCUT2D eigenvalue weighted by Gasteiger charge is 2.38. The number of hydrogen-bond donors (Lipinski definition) is 0. The van der Waals surface area contributed by atoms with Crippen molar-refractivity contribution < 1.29 is 0 Å². The number of nitriles is 1. The molecule has 1 heterocycles. The lowest BCUT2D eigenvalue weighted by Crippen LogP contribution is -2.34. The zero-order chi connectivity index (χ0) is 15.5. The van der Waals surface area contributed by atoms with Gasteiger partial charge in [-0.3, -0.25) is 0 Å². The highest BCUT2D eigenvalue weighted by Crippen LogP contribution is 2.46. The molecule has 1 aromatic rings. The number of hydrogen-bond acceptors (Lipinski definition) is 2. The number of aromatic nitrogens is 2. The minimum absolute atomic E-state index is 0.138. The standard InChI is InChI=1S/C18H29N3/c1-5-7-17-20-10-11-21(17)16-12-15(18(3,4)6-2)9-8-14(16)13-19/h10-11,14-16H,5-9,12H2,1-4H3. The third-order valence-electron chi connectivity index (χ3n) is 5.58. The van der Waals surface area contributed by atoms with Crippen LogP contribution in [0.5, 0.6) is 0 Å². The molecule has 3 nitrogen and oxygen atoms in total. The molecule has 2 rings (SSSR count). The van der Waals surface area contributed by atoms with E-state index < -0.39 is 0 Å². The average molecular weight is 287 g/mol. The van der Waals surface area contributed by atoms with Crippen LogP contribution < -0.4 is 0 Å². The molecule has 1 fully saturated rings. The van der Waals surface area contributed by atoms with Gasteiger partial charge in [-0.15, -0.1) is 0 Å². The second kappa shape index (κ2) is 6.64. The molecule has 0 aliphatic heterocycles. The summed E-state index contributed by atoms with van der Waals surface area (Å²) < 4.78 is 2.30. The maximum absolute atomic E-state index is 9.54. The van der Waals surface area contributed by atoms with Gasteiger partial charge in [0.05, 0.1) is 18.0 Å². The third kappa shape index (κ3) is 3.31. The first-order valence-electron chi connectivity index (χ1n) is 8.44. The van der Waals surface area contributed by atoms with Crippen molar-refractivity contribution in [1.29, 1.82) is 5.26 Å². The molecule has 1 aliphatic rings. The van der Waals surface area contributed by atoms with Crippen LogP contribution in [-0.4, -0.2) is 9.55 Å². The lowest BCUT2D eigenvalue weighted by Gasteiger charge is -2.42. The van der Waals surface area contributed by atoms with Crippen molar-refractivity contribution in [1.82, 2.24) is 9.55 Å². The molecule has 1 aromatic heterocycles. The van der Waals surface area contributed by atoms with E-state index in [-0.39, 0.29) is 5.92 Å². The first-order chi connectivity index (χ1) is 10.0. The number of aryl methyl sites for hydroxylation is 1. The van der Waals surface area contributed by atoms with Gasteiger partial charge in [-0.2, -0.15) is 5.26 Å². The summed E-state index contributed by atoms with van der Waals surface area (Å²) in [5, 5.41) is 9.54. The highest BCUT2D eigenvalue weighted by atomic mass is 15.1. The summed E-state index contributed by atoms with van der Waals surface area (Å²) in [4.78, 5) is 4.51. The van der Waals surface area contributed by atoms with Crippen molar-refractivity contribution >= 4 is 0 Å². The molecule has 116 valence electrons. The number of nitrogens with zero attached hydrogens (tertiary/aromatic N) is 3. The fourth-order valence-corrected chi connectivity index (χ4v) is 3.67. The van der Waals surface area contributed by atoms with E-state index in [1.807, 2.05) is 6.20 Å². The van der Waals surface area contributed by atoms with Crippen LogP contribution in [0.3, 0.4) is 0 Å². The molecule has 3 unspecified atom stereocenters. The van der Waals surface area contributed by atoms with E-state index in [0.717, 1.165) is 31.5 Å². The monoisotopic (exact) mass is 287 g/mol. The van der Waals surface area contributed by atoms with E-state index in [2.05, 4.69) is 49.5 Å². The van der Waals surface area contributed by atoms with Crippen molar-refractivity contribution in [2.24, 2.45) is 17.3 Å². The van der Waals surface area contributed by atoms with E-state index in [1.165, 1.54) is 12.8 Å². The lowest BCUT2D eigenvalue weighted by molar-refractivity contribution is 0.103. The van der Waals surface area contributed by atoms with E-state index in [9.17, 15) is 5.26 Å². The Balaban J connectivity index is 2.25. The summed E-state index contributed by atoms with van der Waals surface area (Å²) in [6.45, 7) is 9.22. The molecule has 1 aliphatic carbocycles. The molecular formula is C18H29N3. The Labute approximate surface area is 129 Å². The molecule has 0 aromatic carbocycles. The minimum Gasteiger partial charge on any atom is -0.331 e. The van der Waals surface area contributed by atoms with Crippen molar-refractivity contribution in [3.05, 3.63) is 18.2 Å². The minimum atomic E-state index is 0.138. The zero-order valence-corrected chi connectivity index (χ0v) is 14.0. The van der Waals surface area contributed by atoms with Gasteiger partial charge >= 0.3 is 0 Å². The SMILES string of the molecule is CCCc1nccn1C1CC(C(C)(C)CC)CCC1C#N. The fraction of sp³-hybridized carbons (Fsp3) is 0.778. The molecule has 0 radical (unpaired) electrons. The Hall–Kier alpha value is -1.30. The molecule has 21 heavy (non-hydrogen) atoms. The van der Waals surface area contributed by atoms with Crippen LogP contribution in [0.4, 0.5) is 0 Å². The Bertz CT molecular complexity index is 495. The van der Waals surface area contributed by atoms with Gasteiger partial charge in [0.25, 0.3) is 0 Å². The van der Waals surface area contributed by atoms with Crippen molar-refractivity contribution in [2.75, 3.05) is 0 Å². The summed E-state index contributed by atoms with van der Waals surface area (Å²) in [6, 6.07) is 2.86. The average Bonchev–Trinajstić information content (AvgIpc) is 2.95. The summed E-state index contributed by atoms with van der Waals surface area (Å²) in [6.07, 6.45) is 10.6. The van der Waals surface area contributed by atoms with Crippen LogP contribution in [0.1, 0.15) is 71.7 Å². The lowest BCUT2D eigenvalue weighted by atomic mass is 9.66. The van der Waals surface area contributed by atoms with Crippen molar-refractivity contribution in [3.8, 4) is 6.07 Å². The molecule has 0 spiro atoms. The normalized spacial score (nSPS) is 26.5. The molecule has 3 atom stereocenters. The molecule has 0 N–H and O–H groups in total. The predicted octanol–water partition coefficient (Wildman–Crippen LogP) is 4.75. The Morgan fingerprint density at radius 3 is 2.76 bits per heavy atom. The van der Waals surface area contributed by atoms with Crippen LogP contribution in [-0.2, 0) is 6.42 Å². The molecule has 0 amide bonds. The molecule has 1 saturated carbocycles. The van der Waals surface area contributed by atoms with Gasteiger partial charge in [0, 0.05) is 18.8 Å². The van der Waals surface area contributed by atoms with E-state index >= 15 is 0 Å². The van der Waals surface area contributed by atoms with Gasteiger partial charge in [0.2, 0.25) is 0 Å². The molecular weight excluding hydrogens is 258 g/mol. The van der Waals surface area contributed by atoms with E-state index in [0.29, 0.717) is 17.4 Å². The maximum Gasteiger partial charge on any atom is 0.108 e. The molecule has 3 heteroatoms. The van der Waals surface area contributed by atoms with Crippen LogP contribution in [0, 0.1) is 28.6 Å². The predicted molar refractivity (Wildman–Crippen MR) is 85.8 cm³/mol. The topological polar surface area (TPSA) is 41.6 Å². The van der Waals surface area contributed by atoms with Gasteiger partial charge in [0.1, 0.15) is 5.82 Å². The van der Waals surface area contributed by atoms with E-state index in [4.69, 9.17) is 0 Å². The van der Waals surface area contributed by atoms with Gasteiger partial charge in [-0.1, -0.05) is 34.1 Å². The Kier molecular flexibility index (Phi) is 5.08. The zero-order valence-electron chi connectivity index (χ0n) is 14.0. The van der Waals surface area contributed by atoms with Crippen LogP contribution >= 0.6 is 0 Å². The third-order valence-corrected chi connectivity index (χ3v) is 5.58. The van der Waals surface area contributed by atoms with Crippen molar-refractivity contribution in [2.45, 2.75) is 72.3 Å². The highest BCUT2D eigenvalue weighted by molar-refractivity contribution is 5.04. The van der Waals surface area contributed by atoms with Gasteiger partial charge in [-0.25, -0.2) is 4.98 Å². The smallest absolute Gasteiger partial charge is 0.108 e.